The van der Waals surface area contributed by atoms with Crippen LogP contribution in [-0.2, 0) is 0 Å². The van der Waals surface area contributed by atoms with Crippen molar-refractivity contribution >= 4 is 27.5 Å². The van der Waals surface area contributed by atoms with Crippen molar-refractivity contribution in [3.05, 3.63) is 34.7 Å². The number of fused-ring (bicyclic) bond motifs is 1. The van der Waals surface area contributed by atoms with E-state index >= 15 is 0 Å². The third kappa shape index (κ3) is 1.31. The Morgan fingerprint density at radius 1 is 1.54 bits per heavy atom. The molecule has 0 aliphatic heterocycles. The van der Waals surface area contributed by atoms with Gasteiger partial charge in [0.25, 0.3) is 0 Å². The largest absolute Gasteiger partial charge is 0.477 e. The highest BCUT2D eigenvalue weighted by atomic mass is 79.9. The Kier molecular flexibility index (Phi) is 1.81. The average Bonchev–Trinajstić information content (AvgIpc) is 2.46. The number of hydrogen-bond donors (Lipinski definition) is 1. The molecule has 0 saturated carbocycles. The van der Waals surface area contributed by atoms with Gasteiger partial charge in [-0.05, 0) is 28.1 Å². The summed E-state index contributed by atoms with van der Waals surface area (Å²) in [6.07, 6.45) is 3.01. The Morgan fingerprint density at radius 2 is 2.31 bits per heavy atom. The molecular weight excluding hydrogens is 236 g/mol. The van der Waals surface area contributed by atoms with Crippen molar-refractivity contribution in [2.24, 2.45) is 0 Å². The monoisotopic (exact) mass is 240 g/mol. The summed E-state index contributed by atoms with van der Waals surface area (Å²) < 4.78 is 2.34. The number of carboxylic acid groups (broad SMARTS) is 1. The summed E-state index contributed by atoms with van der Waals surface area (Å²) in [6.45, 7) is 0. The molecule has 66 valence electrons. The van der Waals surface area contributed by atoms with Crippen LogP contribution < -0.4 is 0 Å². The Balaban J connectivity index is 2.79. The molecule has 0 aromatic carbocycles. The smallest absolute Gasteiger partial charge is 0.354 e. The quantitative estimate of drug-likeness (QED) is 0.828. The highest BCUT2D eigenvalue weighted by molar-refractivity contribution is 9.10. The van der Waals surface area contributed by atoms with E-state index in [9.17, 15) is 4.79 Å². The summed E-state index contributed by atoms with van der Waals surface area (Å²) in [7, 11) is 0. The molecule has 0 aliphatic rings. The van der Waals surface area contributed by atoms with E-state index in [0.29, 0.717) is 5.65 Å². The van der Waals surface area contributed by atoms with Crippen LogP contribution in [0.15, 0.2) is 29.0 Å². The van der Waals surface area contributed by atoms with Crippen LogP contribution in [-0.4, -0.2) is 20.5 Å². The van der Waals surface area contributed by atoms with E-state index in [0.717, 1.165) is 4.47 Å². The van der Waals surface area contributed by atoms with Gasteiger partial charge >= 0.3 is 5.97 Å². The minimum atomic E-state index is -0.981. The number of rotatable bonds is 1. The molecule has 0 atom stereocenters. The van der Waals surface area contributed by atoms with E-state index in [1.807, 2.05) is 6.07 Å². The molecule has 0 saturated heterocycles. The molecular formula is C8H5BrN2O2. The third-order valence-corrected chi connectivity index (χ3v) is 2.16. The lowest BCUT2D eigenvalue weighted by atomic mass is 10.4. The summed E-state index contributed by atoms with van der Waals surface area (Å²) in [5.74, 6) is -0.981. The fourth-order valence-electron chi connectivity index (χ4n) is 1.11. The Hall–Kier alpha value is -1.36. The van der Waals surface area contributed by atoms with E-state index in [-0.39, 0.29) is 5.69 Å². The van der Waals surface area contributed by atoms with Crippen molar-refractivity contribution in [3.63, 3.8) is 0 Å². The maximum atomic E-state index is 10.7. The molecule has 0 amide bonds. The van der Waals surface area contributed by atoms with Crippen LogP contribution in [0.1, 0.15) is 10.5 Å². The van der Waals surface area contributed by atoms with Gasteiger partial charge in [0.05, 0.1) is 6.20 Å². The molecule has 0 unspecified atom stereocenters. The van der Waals surface area contributed by atoms with Crippen molar-refractivity contribution in [1.82, 2.24) is 9.38 Å². The zero-order chi connectivity index (χ0) is 9.42. The Morgan fingerprint density at radius 3 is 3.00 bits per heavy atom. The van der Waals surface area contributed by atoms with Crippen LogP contribution in [0.3, 0.4) is 0 Å². The summed E-state index contributed by atoms with van der Waals surface area (Å²) in [5, 5.41) is 8.79. The number of pyridine rings is 1. The van der Waals surface area contributed by atoms with Crippen molar-refractivity contribution in [3.8, 4) is 0 Å². The average molecular weight is 241 g/mol. The number of nitrogens with zero attached hydrogens (tertiary/aromatic N) is 2. The van der Waals surface area contributed by atoms with Gasteiger partial charge in [0.2, 0.25) is 0 Å². The Labute approximate surface area is 82.0 Å². The van der Waals surface area contributed by atoms with Crippen molar-refractivity contribution in [2.75, 3.05) is 0 Å². The number of halogens is 1. The minimum absolute atomic E-state index is 0.163. The molecule has 0 aliphatic carbocycles. The molecule has 5 heteroatoms. The molecule has 2 rings (SSSR count). The molecule has 4 nitrogen and oxygen atoms in total. The van der Waals surface area contributed by atoms with Crippen molar-refractivity contribution < 1.29 is 9.90 Å². The van der Waals surface area contributed by atoms with Gasteiger partial charge in [-0.15, -0.1) is 0 Å². The molecule has 0 bridgehead atoms. The summed E-state index contributed by atoms with van der Waals surface area (Å²) in [5.41, 5.74) is 0.789. The first kappa shape index (κ1) is 8.25. The van der Waals surface area contributed by atoms with Gasteiger partial charge in [-0.1, -0.05) is 0 Å². The van der Waals surface area contributed by atoms with E-state index in [2.05, 4.69) is 20.9 Å². The van der Waals surface area contributed by atoms with E-state index < -0.39 is 5.97 Å². The van der Waals surface area contributed by atoms with Crippen LogP contribution in [0.2, 0.25) is 0 Å². The fraction of sp³-hybridized carbons (Fsp3) is 0. The zero-order valence-electron chi connectivity index (χ0n) is 6.44. The molecule has 13 heavy (non-hydrogen) atoms. The standard InChI is InChI=1S/C8H5BrN2O2/c9-5-1-2-7-10-3-6(8(12)13)11(7)4-5/h1-4H,(H,12,13). The predicted molar refractivity (Wildman–Crippen MR) is 49.9 cm³/mol. The molecule has 1 N–H and O–H groups in total. The predicted octanol–water partition coefficient (Wildman–Crippen LogP) is 1.79. The van der Waals surface area contributed by atoms with Gasteiger partial charge < -0.3 is 5.11 Å². The van der Waals surface area contributed by atoms with E-state index in [4.69, 9.17) is 5.11 Å². The first-order valence-electron chi connectivity index (χ1n) is 3.54. The highest BCUT2D eigenvalue weighted by Crippen LogP contribution is 2.13. The lowest BCUT2D eigenvalue weighted by molar-refractivity contribution is 0.0689. The second-order valence-corrected chi connectivity index (χ2v) is 3.44. The van der Waals surface area contributed by atoms with Crippen LogP contribution in [0, 0.1) is 0 Å². The van der Waals surface area contributed by atoms with Crippen LogP contribution in [0.4, 0.5) is 0 Å². The summed E-state index contributed by atoms with van der Waals surface area (Å²) >= 11 is 3.26. The van der Waals surface area contributed by atoms with Crippen molar-refractivity contribution in [1.29, 1.82) is 0 Å². The summed E-state index contributed by atoms with van der Waals surface area (Å²) in [6, 6.07) is 3.56. The van der Waals surface area contributed by atoms with Gasteiger partial charge in [0, 0.05) is 10.7 Å². The van der Waals surface area contributed by atoms with E-state index in [1.165, 1.54) is 10.6 Å². The topological polar surface area (TPSA) is 54.6 Å². The minimum Gasteiger partial charge on any atom is -0.477 e. The number of carboxylic acids is 1. The molecule has 2 heterocycles. The van der Waals surface area contributed by atoms with Gasteiger partial charge in [-0.2, -0.15) is 0 Å². The van der Waals surface area contributed by atoms with Gasteiger partial charge in [0.1, 0.15) is 5.65 Å². The fourth-order valence-corrected chi connectivity index (χ4v) is 1.45. The highest BCUT2D eigenvalue weighted by Gasteiger charge is 2.09. The molecule has 0 spiro atoms. The number of aromatic nitrogens is 2. The molecule has 2 aromatic heterocycles. The number of aromatic carboxylic acids is 1. The van der Waals surface area contributed by atoms with Crippen LogP contribution in [0.5, 0.6) is 0 Å². The number of hydrogen-bond acceptors (Lipinski definition) is 2. The summed E-state index contributed by atoms with van der Waals surface area (Å²) in [4.78, 5) is 14.7. The van der Waals surface area contributed by atoms with Crippen LogP contribution in [0.25, 0.3) is 5.65 Å². The molecule has 0 radical (unpaired) electrons. The SMILES string of the molecule is O=C(O)c1cnc2ccc(Br)cn12. The van der Waals surface area contributed by atoms with Gasteiger partial charge in [-0.3, -0.25) is 4.40 Å². The first-order chi connectivity index (χ1) is 6.18. The molecule has 0 fully saturated rings. The maximum Gasteiger partial charge on any atom is 0.354 e. The first-order valence-corrected chi connectivity index (χ1v) is 4.33. The molecule has 2 aromatic rings. The number of imidazole rings is 1. The third-order valence-electron chi connectivity index (χ3n) is 1.69. The van der Waals surface area contributed by atoms with E-state index in [1.54, 1.807) is 12.3 Å². The second-order valence-electron chi connectivity index (χ2n) is 2.52. The van der Waals surface area contributed by atoms with Crippen LogP contribution >= 0.6 is 15.9 Å². The van der Waals surface area contributed by atoms with Crippen molar-refractivity contribution in [2.45, 2.75) is 0 Å². The Bertz CT molecular complexity index is 478. The van der Waals surface area contributed by atoms with Gasteiger partial charge in [0.15, 0.2) is 5.69 Å². The lowest BCUT2D eigenvalue weighted by Crippen LogP contribution is -2.00. The van der Waals surface area contributed by atoms with Gasteiger partial charge in [-0.25, -0.2) is 9.78 Å². The second kappa shape index (κ2) is 2.85. The number of carbonyl (C=O) groups is 1. The lowest BCUT2D eigenvalue weighted by Gasteiger charge is -1.96. The maximum absolute atomic E-state index is 10.7. The normalized spacial score (nSPS) is 10.5. The zero-order valence-corrected chi connectivity index (χ0v) is 8.02.